The fourth-order valence-corrected chi connectivity index (χ4v) is 4.64. The van der Waals surface area contributed by atoms with E-state index >= 15 is 0 Å². The minimum Gasteiger partial charge on any atom is -0.495 e. The first-order valence-corrected chi connectivity index (χ1v) is 12.8. The third-order valence-electron chi connectivity index (χ3n) is 4.27. The lowest BCUT2D eigenvalue weighted by Gasteiger charge is -2.24. The van der Waals surface area contributed by atoms with Gasteiger partial charge in [0.05, 0.1) is 19.1 Å². The second-order valence-electron chi connectivity index (χ2n) is 6.83. The zero-order valence-electron chi connectivity index (χ0n) is 17.4. The number of sulfonamides is 1. The molecule has 1 amide bonds. The number of halogens is 1. The summed E-state index contributed by atoms with van der Waals surface area (Å²) in [6, 6.07) is 13.1. The summed E-state index contributed by atoms with van der Waals surface area (Å²) in [4.78, 5) is 12.3. The highest BCUT2D eigenvalue weighted by molar-refractivity contribution is 7.98. The summed E-state index contributed by atoms with van der Waals surface area (Å²) < 4.78 is 30.7. The summed E-state index contributed by atoms with van der Waals surface area (Å²) >= 11 is 7.81. The van der Waals surface area contributed by atoms with Crippen LogP contribution in [0.3, 0.4) is 0 Å². The van der Waals surface area contributed by atoms with Gasteiger partial charge in [0.25, 0.3) is 0 Å². The normalized spacial score (nSPS) is 11.2. The van der Waals surface area contributed by atoms with E-state index in [1.807, 2.05) is 0 Å². The molecule has 2 aromatic carbocycles. The number of methoxy groups -OCH3 is 1. The van der Waals surface area contributed by atoms with Crippen molar-refractivity contribution in [1.82, 2.24) is 5.32 Å². The van der Waals surface area contributed by atoms with Crippen LogP contribution in [0.4, 0.5) is 5.69 Å². The average Bonchev–Trinajstić information content (AvgIpc) is 2.69. The van der Waals surface area contributed by atoms with Gasteiger partial charge < -0.3 is 10.1 Å². The molecule has 0 aliphatic heterocycles. The van der Waals surface area contributed by atoms with E-state index in [4.69, 9.17) is 16.3 Å². The molecule has 9 heteroatoms. The van der Waals surface area contributed by atoms with Crippen LogP contribution in [0.2, 0.25) is 5.02 Å². The Morgan fingerprint density at radius 3 is 2.53 bits per heavy atom. The maximum absolute atomic E-state index is 12.3. The van der Waals surface area contributed by atoms with E-state index in [1.54, 1.807) is 23.9 Å². The third kappa shape index (κ3) is 7.74. The SMILES string of the molecule is COc1ccc(Cl)cc1N(CC(=O)NCCCSCc1ccc(C)cc1)S(C)(=O)=O. The van der Waals surface area contributed by atoms with Gasteiger partial charge in [-0.25, -0.2) is 8.42 Å². The molecule has 0 saturated heterocycles. The fourth-order valence-electron chi connectivity index (χ4n) is 2.70. The van der Waals surface area contributed by atoms with Crippen LogP contribution >= 0.6 is 23.4 Å². The topological polar surface area (TPSA) is 75.7 Å². The van der Waals surface area contributed by atoms with Crippen molar-refractivity contribution in [1.29, 1.82) is 0 Å². The molecule has 0 aromatic heterocycles. The van der Waals surface area contributed by atoms with Crippen molar-refractivity contribution >= 4 is 45.0 Å². The standard InChI is InChI=1S/C21H27ClN2O4S2/c1-16-5-7-17(8-6-16)15-29-12-4-11-23-21(25)14-24(30(3,26)27)19-13-18(22)9-10-20(19)28-2/h5-10,13H,4,11-12,14-15H2,1-3H3,(H,23,25). The Morgan fingerprint density at radius 1 is 1.20 bits per heavy atom. The molecule has 2 aromatic rings. The first kappa shape index (κ1) is 24.4. The highest BCUT2D eigenvalue weighted by Gasteiger charge is 2.24. The summed E-state index contributed by atoms with van der Waals surface area (Å²) in [7, 11) is -2.27. The second-order valence-corrected chi connectivity index (χ2v) is 10.3. The average molecular weight is 471 g/mol. The van der Waals surface area contributed by atoms with Crippen LogP contribution in [0, 0.1) is 6.92 Å². The number of anilines is 1. The molecule has 164 valence electrons. The number of hydrogen-bond acceptors (Lipinski definition) is 5. The monoisotopic (exact) mass is 470 g/mol. The molecule has 0 atom stereocenters. The van der Waals surface area contributed by atoms with Gasteiger partial charge >= 0.3 is 0 Å². The Hall–Kier alpha value is -1.90. The van der Waals surface area contributed by atoms with Crippen molar-refractivity contribution in [3.05, 3.63) is 58.6 Å². The van der Waals surface area contributed by atoms with E-state index in [2.05, 4.69) is 36.5 Å². The van der Waals surface area contributed by atoms with Crippen molar-refractivity contribution in [3.63, 3.8) is 0 Å². The number of nitrogens with one attached hydrogen (secondary N) is 1. The summed E-state index contributed by atoms with van der Waals surface area (Å²) in [5.41, 5.74) is 2.75. The predicted octanol–water partition coefficient (Wildman–Crippen LogP) is 3.86. The summed E-state index contributed by atoms with van der Waals surface area (Å²) in [5.74, 6) is 1.76. The number of rotatable bonds is 11. The molecule has 1 N–H and O–H groups in total. The van der Waals surface area contributed by atoms with Crippen LogP contribution in [-0.4, -0.2) is 46.5 Å². The number of ether oxygens (including phenoxy) is 1. The van der Waals surface area contributed by atoms with Crippen molar-refractivity contribution in [2.45, 2.75) is 19.1 Å². The lowest BCUT2D eigenvalue weighted by molar-refractivity contribution is -0.119. The lowest BCUT2D eigenvalue weighted by atomic mass is 10.2. The molecule has 0 radical (unpaired) electrons. The predicted molar refractivity (Wildman–Crippen MR) is 125 cm³/mol. The van der Waals surface area contributed by atoms with Crippen molar-refractivity contribution < 1.29 is 17.9 Å². The zero-order chi connectivity index (χ0) is 22.1. The molecule has 0 heterocycles. The van der Waals surface area contributed by atoms with Gasteiger partial charge in [0, 0.05) is 17.3 Å². The highest BCUT2D eigenvalue weighted by atomic mass is 35.5. The molecular weight excluding hydrogens is 444 g/mol. The minimum atomic E-state index is -3.71. The first-order chi connectivity index (χ1) is 14.2. The van der Waals surface area contributed by atoms with E-state index in [-0.39, 0.29) is 18.1 Å². The molecule has 2 rings (SSSR count). The van der Waals surface area contributed by atoms with Gasteiger partial charge in [0.15, 0.2) is 0 Å². The maximum atomic E-state index is 12.3. The molecule has 0 saturated carbocycles. The molecule has 0 aliphatic carbocycles. The third-order valence-corrected chi connectivity index (χ3v) is 6.75. The van der Waals surface area contributed by atoms with Gasteiger partial charge in [-0.3, -0.25) is 9.10 Å². The van der Waals surface area contributed by atoms with E-state index in [1.165, 1.54) is 24.3 Å². The number of carbonyl (C=O) groups is 1. The number of thioether (sulfide) groups is 1. The van der Waals surface area contributed by atoms with Crippen molar-refractivity contribution in [2.24, 2.45) is 0 Å². The smallest absolute Gasteiger partial charge is 0.240 e. The molecular formula is C21H27ClN2O4S2. The minimum absolute atomic E-state index is 0.233. The maximum Gasteiger partial charge on any atom is 0.240 e. The van der Waals surface area contributed by atoms with Gasteiger partial charge in [-0.05, 0) is 42.9 Å². The Morgan fingerprint density at radius 2 is 1.90 bits per heavy atom. The number of hydrogen-bond donors (Lipinski definition) is 1. The number of benzene rings is 2. The van der Waals surface area contributed by atoms with Crippen LogP contribution in [0.25, 0.3) is 0 Å². The fraction of sp³-hybridized carbons (Fsp3) is 0.381. The number of aryl methyl sites for hydroxylation is 1. The molecule has 0 spiro atoms. The molecule has 0 unspecified atom stereocenters. The number of amides is 1. The van der Waals surface area contributed by atoms with Crippen LogP contribution in [0.5, 0.6) is 5.75 Å². The summed E-state index contributed by atoms with van der Waals surface area (Å²) in [6.45, 7) is 2.20. The summed E-state index contributed by atoms with van der Waals surface area (Å²) in [5, 5.41) is 3.13. The Labute approximate surface area is 188 Å². The molecule has 0 bridgehead atoms. The van der Waals surface area contributed by atoms with Crippen molar-refractivity contribution in [3.8, 4) is 5.75 Å². The van der Waals surface area contributed by atoms with Crippen LogP contribution in [-0.2, 0) is 20.6 Å². The Bertz CT molecular complexity index is 950. The van der Waals surface area contributed by atoms with E-state index in [9.17, 15) is 13.2 Å². The van der Waals surface area contributed by atoms with E-state index in [0.29, 0.717) is 17.3 Å². The van der Waals surface area contributed by atoms with Gasteiger partial charge in [0.1, 0.15) is 12.3 Å². The van der Waals surface area contributed by atoms with E-state index in [0.717, 1.165) is 28.5 Å². The van der Waals surface area contributed by atoms with Gasteiger partial charge in [-0.2, -0.15) is 11.8 Å². The Kier molecular flexibility index (Phi) is 9.33. The van der Waals surface area contributed by atoms with E-state index < -0.39 is 10.0 Å². The highest BCUT2D eigenvalue weighted by Crippen LogP contribution is 2.32. The number of nitrogens with zero attached hydrogens (tertiary/aromatic N) is 1. The molecule has 0 aliphatic rings. The summed E-state index contributed by atoms with van der Waals surface area (Å²) in [6.07, 6.45) is 1.84. The van der Waals surface area contributed by atoms with Crippen molar-refractivity contribution in [2.75, 3.05) is 36.5 Å². The molecule has 0 fully saturated rings. The first-order valence-electron chi connectivity index (χ1n) is 9.42. The van der Waals surface area contributed by atoms with Crippen LogP contribution in [0.1, 0.15) is 17.5 Å². The van der Waals surface area contributed by atoms with Gasteiger partial charge in [0.2, 0.25) is 15.9 Å². The van der Waals surface area contributed by atoms with Gasteiger partial charge in [-0.15, -0.1) is 0 Å². The second kappa shape index (κ2) is 11.5. The number of carbonyl (C=O) groups excluding carboxylic acids is 1. The van der Waals surface area contributed by atoms with Crippen LogP contribution < -0.4 is 14.4 Å². The molecule has 30 heavy (non-hydrogen) atoms. The zero-order valence-corrected chi connectivity index (χ0v) is 19.7. The quantitative estimate of drug-likeness (QED) is 0.504. The lowest BCUT2D eigenvalue weighted by Crippen LogP contribution is -2.40. The largest absolute Gasteiger partial charge is 0.495 e. The van der Waals surface area contributed by atoms with Crippen LogP contribution in [0.15, 0.2) is 42.5 Å². The van der Waals surface area contributed by atoms with Gasteiger partial charge in [-0.1, -0.05) is 41.4 Å². The molecule has 6 nitrogen and oxygen atoms in total. The Balaban J connectivity index is 1.84.